The van der Waals surface area contributed by atoms with E-state index in [4.69, 9.17) is 5.26 Å². The number of likely N-dealkylation sites (N-methyl/N-ethyl adjacent to an activating group) is 1. The molecule has 0 spiro atoms. The smallest absolute Gasteiger partial charge is 0.240 e. The van der Waals surface area contributed by atoms with E-state index in [0.717, 1.165) is 31.6 Å². The summed E-state index contributed by atoms with van der Waals surface area (Å²) in [5, 5.41) is 9.04. The van der Waals surface area contributed by atoms with E-state index >= 15 is 0 Å². The molecule has 1 aromatic carbocycles. The lowest BCUT2D eigenvalue weighted by atomic mass is 10.0. The van der Waals surface area contributed by atoms with Crippen LogP contribution in [0.2, 0.25) is 0 Å². The summed E-state index contributed by atoms with van der Waals surface area (Å²) < 4.78 is 0. The molecule has 0 bridgehead atoms. The Morgan fingerprint density at radius 1 is 1.35 bits per heavy atom. The van der Waals surface area contributed by atoms with Crippen molar-refractivity contribution in [2.75, 3.05) is 27.2 Å². The number of hydrogen-bond acceptors (Lipinski definition) is 4. The van der Waals surface area contributed by atoms with Crippen molar-refractivity contribution in [2.45, 2.75) is 38.0 Å². The predicted octanol–water partition coefficient (Wildman–Crippen LogP) is 1.29. The summed E-state index contributed by atoms with van der Waals surface area (Å²) in [6.45, 7) is 4.47. The van der Waals surface area contributed by atoms with E-state index in [-0.39, 0.29) is 11.9 Å². The Labute approximate surface area is 138 Å². The first-order valence-corrected chi connectivity index (χ1v) is 8.19. The molecule has 3 rings (SSSR count). The van der Waals surface area contributed by atoms with Crippen LogP contribution >= 0.6 is 0 Å². The van der Waals surface area contributed by atoms with Crippen LogP contribution in [0.3, 0.4) is 0 Å². The second kappa shape index (κ2) is 6.31. The van der Waals surface area contributed by atoms with E-state index in [1.807, 2.05) is 31.2 Å². The molecule has 1 amide bonds. The molecule has 0 aromatic heterocycles. The van der Waals surface area contributed by atoms with E-state index in [2.05, 4.69) is 34.9 Å². The zero-order chi connectivity index (χ0) is 16.6. The van der Waals surface area contributed by atoms with Crippen molar-refractivity contribution in [3.05, 3.63) is 35.4 Å². The molecule has 2 aliphatic heterocycles. The molecule has 23 heavy (non-hydrogen) atoms. The molecule has 0 unspecified atom stereocenters. The highest BCUT2D eigenvalue weighted by atomic mass is 16.2. The maximum Gasteiger partial charge on any atom is 0.240 e. The fraction of sp³-hybridized carbons (Fsp3) is 0.556. The molecule has 5 heteroatoms. The lowest BCUT2D eigenvalue weighted by Crippen LogP contribution is -2.58. The van der Waals surface area contributed by atoms with Gasteiger partial charge in [0.15, 0.2) is 0 Å². The molecule has 0 aliphatic carbocycles. The van der Waals surface area contributed by atoms with Crippen LogP contribution in [0.1, 0.15) is 24.5 Å². The molecule has 2 saturated heterocycles. The summed E-state index contributed by atoms with van der Waals surface area (Å²) >= 11 is 0. The van der Waals surface area contributed by atoms with Crippen LogP contribution in [0.15, 0.2) is 24.3 Å². The van der Waals surface area contributed by atoms with Crippen LogP contribution in [0, 0.1) is 11.3 Å². The fourth-order valence-corrected chi connectivity index (χ4v) is 3.71. The third-order valence-electron chi connectivity index (χ3n) is 5.20. The van der Waals surface area contributed by atoms with E-state index in [9.17, 15) is 4.79 Å². The molecule has 2 fully saturated rings. The van der Waals surface area contributed by atoms with Gasteiger partial charge in [-0.3, -0.25) is 9.69 Å². The molecule has 2 heterocycles. The summed E-state index contributed by atoms with van der Waals surface area (Å²) in [5.74, 6) is 0.238. The summed E-state index contributed by atoms with van der Waals surface area (Å²) in [6.07, 6.45) is 1.04. The first-order chi connectivity index (χ1) is 11.0. The third kappa shape index (κ3) is 3.10. The number of nitrogens with zero attached hydrogens (tertiary/aromatic N) is 4. The molecule has 0 N–H and O–H groups in total. The van der Waals surface area contributed by atoms with Gasteiger partial charge >= 0.3 is 0 Å². The molecular weight excluding hydrogens is 288 g/mol. The van der Waals surface area contributed by atoms with Gasteiger partial charge in [0.25, 0.3) is 0 Å². The monoisotopic (exact) mass is 312 g/mol. The van der Waals surface area contributed by atoms with Gasteiger partial charge in [-0.2, -0.15) is 5.26 Å². The highest BCUT2D eigenvalue weighted by molar-refractivity contribution is 5.83. The van der Waals surface area contributed by atoms with Gasteiger partial charge in [-0.1, -0.05) is 12.1 Å². The highest BCUT2D eigenvalue weighted by Gasteiger charge is 2.43. The molecule has 122 valence electrons. The Bertz CT molecular complexity index is 636. The standard InChI is InChI=1S/C18H24N4O/c1-13-18(23)22-12-16(20(2)3)8-17(22)11-21(13)10-15-6-4-5-14(7-15)9-19/h4-7,13,16-17H,8,10-12H2,1-3H3/t13-,16-,17-/m0/s1. The fourth-order valence-electron chi connectivity index (χ4n) is 3.71. The normalized spacial score (nSPS) is 28.0. The first-order valence-electron chi connectivity index (χ1n) is 8.19. The zero-order valence-electron chi connectivity index (χ0n) is 14.1. The number of carbonyl (C=O) groups excluding carboxylic acids is 1. The minimum Gasteiger partial charge on any atom is -0.335 e. The number of piperazine rings is 1. The molecule has 2 aliphatic rings. The number of amides is 1. The van der Waals surface area contributed by atoms with Crippen molar-refractivity contribution in [3.8, 4) is 6.07 Å². The minimum atomic E-state index is -0.0992. The van der Waals surface area contributed by atoms with Gasteiger partial charge in [-0.15, -0.1) is 0 Å². The van der Waals surface area contributed by atoms with Crippen molar-refractivity contribution >= 4 is 5.91 Å². The zero-order valence-corrected chi connectivity index (χ0v) is 14.1. The summed E-state index contributed by atoms with van der Waals surface area (Å²) in [5.41, 5.74) is 1.77. The van der Waals surface area contributed by atoms with Gasteiger partial charge in [0, 0.05) is 31.7 Å². The summed E-state index contributed by atoms with van der Waals surface area (Å²) in [7, 11) is 4.17. The first kappa shape index (κ1) is 16.0. The van der Waals surface area contributed by atoms with Gasteiger partial charge in [0.2, 0.25) is 5.91 Å². The highest BCUT2D eigenvalue weighted by Crippen LogP contribution is 2.28. The Kier molecular flexibility index (Phi) is 4.38. The number of benzene rings is 1. The summed E-state index contributed by atoms with van der Waals surface area (Å²) in [4.78, 5) is 19.2. The quantitative estimate of drug-likeness (QED) is 0.844. The average molecular weight is 312 g/mol. The molecule has 0 radical (unpaired) electrons. The second-order valence-corrected chi connectivity index (χ2v) is 6.92. The molecule has 5 nitrogen and oxygen atoms in total. The van der Waals surface area contributed by atoms with E-state index in [1.165, 1.54) is 0 Å². The van der Waals surface area contributed by atoms with Crippen molar-refractivity contribution < 1.29 is 4.79 Å². The van der Waals surface area contributed by atoms with Crippen LogP contribution in [0.5, 0.6) is 0 Å². The Morgan fingerprint density at radius 3 is 2.83 bits per heavy atom. The van der Waals surface area contributed by atoms with Crippen molar-refractivity contribution in [1.29, 1.82) is 5.26 Å². The van der Waals surface area contributed by atoms with Gasteiger partial charge < -0.3 is 9.80 Å². The maximum atomic E-state index is 12.7. The van der Waals surface area contributed by atoms with Gasteiger partial charge in [0.05, 0.1) is 17.7 Å². The number of hydrogen-bond donors (Lipinski definition) is 0. The number of carbonyl (C=O) groups is 1. The number of rotatable bonds is 3. The maximum absolute atomic E-state index is 12.7. The van der Waals surface area contributed by atoms with E-state index < -0.39 is 0 Å². The van der Waals surface area contributed by atoms with Crippen LogP contribution in [0.4, 0.5) is 0 Å². The van der Waals surface area contributed by atoms with Crippen molar-refractivity contribution in [3.63, 3.8) is 0 Å². The summed E-state index contributed by atoms with van der Waals surface area (Å²) in [6, 6.07) is 10.5. The van der Waals surface area contributed by atoms with Crippen LogP contribution in [0.25, 0.3) is 0 Å². The topological polar surface area (TPSA) is 50.6 Å². The number of fused-ring (bicyclic) bond motifs is 1. The average Bonchev–Trinajstić information content (AvgIpc) is 2.97. The molecular formula is C18H24N4O. The predicted molar refractivity (Wildman–Crippen MR) is 88.6 cm³/mol. The van der Waals surface area contributed by atoms with E-state index in [1.54, 1.807) is 0 Å². The van der Waals surface area contributed by atoms with Crippen molar-refractivity contribution in [1.82, 2.24) is 14.7 Å². The molecule has 0 saturated carbocycles. The Balaban J connectivity index is 1.74. The third-order valence-corrected chi connectivity index (χ3v) is 5.20. The van der Waals surface area contributed by atoms with Crippen LogP contribution < -0.4 is 0 Å². The van der Waals surface area contributed by atoms with Gasteiger partial charge in [0.1, 0.15) is 0 Å². The van der Waals surface area contributed by atoms with Gasteiger partial charge in [-0.25, -0.2) is 0 Å². The van der Waals surface area contributed by atoms with Crippen molar-refractivity contribution in [2.24, 2.45) is 0 Å². The van der Waals surface area contributed by atoms with Crippen LogP contribution in [-0.4, -0.2) is 65.9 Å². The lowest BCUT2D eigenvalue weighted by molar-refractivity contribution is -0.143. The van der Waals surface area contributed by atoms with Crippen LogP contribution in [-0.2, 0) is 11.3 Å². The van der Waals surface area contributed by atoms with E-state index in [0.29, 0.717) is 17.6 Å². The SMILES string of the molecule is C[C@H]1C(=O)N2C[C@@H](N(C)C)C[C@H]2CN1Cc1cccc(C#N)c1. The minimum absolute atomic E-state index is 0.0992. The lowest BCUT2D eigenvalue weighted by Gasteiger charge is -2.41. The Hall–Kier alpha value is -1.90. The van der Waals surface area contributed by atoms with Gasteiger partial charge in [-0.05, 0) is 45.1 Å². The molecule has 3 atom stereocenters. The largest absolute Gasteiger partial charge is 0.335 e. The second-order valence-electron chi connectivity index (χ2n) is 6.92. The number of nitriles is 1. The Morgan fingerprint density at radius 2 is 2.13 bits per heavy atom. The molecule has 1 aromatic rings.